The van der Waals surface area contributed by atoms with Crippen molar-refractivity contribution in [1.82, 2.24) is 0 Å². The lowest BCUT2D eigenvalue weighted by atomic mass is 9.82. The highest BCUT2D eigenvalue weighted by Crippen LogP contribution is 2.35. The van der Waals surface area contributed by atoms with Gasteiger partial charge in [-0.05, 0) is 24.3 Å². The number of benzene rings is 1. The number of nitro benzene ring substituents is 1. The first-order valence-corrected chi connectivity index (χ1v) is 6.18. The molecule has 1 saturated heterocycles. The Morgan fingerprint density at radius 1 is 1.33 bits per heavy atom. The number of hydrogen-bond acceptors (Lipinski definition) is 4. The van der Waals surface area contributed by atoms with E-state index in [4.69, 9.17) is 5.73 Å². The Balaban J connectivity index is 2.17. The molecule has 0 unspecified atom stereocenters. The molecule has 0 amide bonds. The molecule has 1 aliphatic heterocycles. The Bertz CT molecular complexity index is 461. The van der Waals surface area contributed by atoms with E-state index in [-0.39, 0.29) is 5.69 Å². The Labute approximate surface area is 107 Å². The molecule has 98 valence electrons. The minimum absolute atomic E-state index is 0.0496. The monoisotopic (exact) mass is 249 g/mol. The van der Waals surface area contributed by atoms with Crippen molar-refractivity contribution < 1.29 is 4.92 Å². The van der Waals surface area contributed by atoms with Crippen LogP contribution in [-0.2, 0) is 0 Å². The van der Waals surface area contributed by atoms with Crippen molar-refractivity contribution in [3.63, 3.8) is 0 Å². The number of non-ortho nitro benzene ring substituents is 1. The van der Waals surface area contributed by atoms with E-state index in [0.29, 0.717) is 11.1 Å². The predicted octanol–water partition coefficient (Wildman–Crippen LogP) is 2.80. The van der Waals surface area contributed by atoms with E-state index in [0.717, 1.165) is 31.6 Å². The first kappa shape index (κ1) is 12.7. The van der Waals surface area contributed by atoms with Crippen molar-refractivity contribution in [2.45, 2.75) is 26.7 Å². The van der Waals surface area contributed by atoms with Gasteiger partial charge in [0.2, 0.25) is 0 Å². The molecule has 0 bridgehead atoms. The van der Waals surface area contributed by atoms with Crippen molar-refractivity contribution in [2.24, 2.45) is 5.41 Å². The maximum Gasteiger partial charge on any atom is 0.271 e. The van der Waals surface area contributed by atoms with Crippen LogP contribution in [0.3, 0.4) is 0 Å². The van der Waals surface area contributed by atoms with E-state index in [1.165, 1.54) is 12.1 Å². The molecule has 0 atom stereocenters. The van der Waals surface area contributed by atoms with Gasteiger partial charge in [0.05, 0.1) is 16.3 Å². The molecule has 1 fully saturated rings. The normalized spacial score (nSPS) is 18.7. The number of nitrogens with zero attached hydrogens (tertiary/aromatic N) is 2. The number of hydrogen-bond donors (Lipinski definition) is 1. The summed E-state index contributed by atoms with van der Waals surface area (Å²) in [7, 11) is 0. The first-order chi connectivity index (χ1) is 8.39. The van der Waals surface area contributed by atoms with Crippen molar-refractivity contribution in [3.05, 3.63) is 28.3 Å². The largest absolute Gasteiger partial charge is 0.397 e. The summed E-state index contributed by atoms with van der Waals surface area (Å²) in [5.41, 5.74) is 7.74. The molecule has 2 rings (SSSR count). The highest BCUT2D eigenvalue weighted by molar-refractivity contribution is 5.70. The third kappa shape index (κ3) is 2.55. The van der Waals surface area contributed by atoms with Gasteiger partial charge in [0, 0.05) is 25.2 Å². The van der Waals surface area contributed by atoms with Gasteiger partial charge in [0.25, 0.3) is 5.69 Å². The summed E-state index contributed by atoms with van der Waals surface area (Å²) in [4.78, 5) is 12.5. The highest BCUT2D eigenvalue weighted by atomic mass is 16.6. The molecule has 0 spiro atoms. The summed E-state index contributed by atoms with van der Waals surface area (Å²) in [5.74, 6) is 0. The third-order valence-electron chi connectivity index (χ3n) is 3.68. The van der Waals surface area contributed by atoms with Gasteiger partial charge >= 0.3 is 0 Å². The number of anilines is 2. The minimum Gasteiger partial charge on any atom is -0.397 e. The fourth-order valence-corrected chi connectivity index (χ4v) is 2.30. The Hall–Kier alpha value is -1.78. The number of nitrogens with two attached hydrogens (primary N) is 1. The van der Waals surface area contributed by atoms with E-state index in [1.807, 2.05) is 0 Å². The van der Waals surface area contributed by atoms with E-state index in [9.17, 15) is 10.1 Å². The molecule has 0 radical (unpaired) electrons. The third-order valence-corrected chi connectivity index (χ3v) is 3.68. The topological polar surface area (TPSA) is 72.4 Å². The van der Waals surface area contributed by atoms with E-state index in [1.54, 1.807) is 6.07 Å². The minimum atomic E-state index is -0.417. The number of nitro groups is 1. The van der Waals surface area contributed by atoms with Gasteiger partial charge in [-0.15, -0.1) is 0 Å². The predicted molar refractivity (Wildman–Crippen MR) is 72.7 cm³/mol. The van der Waals surface area contributed by atoms with Gasteiger partial charge in [-0.25, -0.2) is 0 Å². The summed E-state index contributed by atoms with van der Waals surface area (Å²) in [6.07, 6.45) is 2.23. The number of nitrogen functional groups attached to an aromatic ring is 1. The zero-order valence-corrected chi connectivity index (χ0v) is 10.8. The molecular formula is C13H19N3O2. The molecule has 5 heteroatoms. The molecule has 0 aromatic heterocycles. The van der Waals surface area contributed by atoms with Gasteiger partial charge in [-0.2, -0.15) is 0 Å². The molecule has 0 aliphatic carbocycles. The van der Waals surface area contributed by atoms with Gasteiger partial charge in [-0.3, -0.25) is 10.1 Å². The zero-order valence-electron chi connectivity index (χ0n) is 10.8. The van der Waals surface area contributed by atoms with E-state index in [2.05, 4.69) is 18.7 Å². The van der Waals surface area contributed by atoms with Crippen LogP contribution in [0.25, 0.3) is 0 Å². The van der Waals surface area contributed by atoms with Crippen molar-refractivity contribution in [3.8, 4) is 0 Å². The molecule has 0 saturated carbocycles. The van der Waals surface area contributed by atoms with Gasteiger partial charge in [0.1, 0.15) is 0 Å². The molecule has 1 aromatic carbocycles. The molecule has 18 heavy (non-hydrogen) atoms. The smallest absolute Gasteiger partial charge is 0.271 e. The average Bonchev–Trinajstić information content (AvgIpc) is 2.29. The molecule has 1 heterocycles. The van der Waals surface area contributed by atoms with Gasteiger partial charge < -0.3 is 10.6 Å². The van der Waals surface area contributed by atoms with Gasteiger partial charge in [-0.1, -0.05) is 13.8 Å². The number of piperidine rings is 1. The van der Waals surface area contributed by atoms with Crippen LogP contribution in [0.15, 0.2) is 18.2 Å². The second-order valence-electron chi connectivity index (χ2n) is 5.65. The van der Waals surface area contributed by atoms with Crippen molar-refractivity contribution in [1.29, 1.82) is 0 Å². The first-order valence-electron chi connectivity index (χ1n) is 6.18. The fourth-order valence-electron chi connectivity index (χ4n) is 2.30. The summed E-state index contributed by atoms with van der Waals surface area (Å²) < 4.78 is 0. The van der Waals surface area contributed by atoms with Gasteiger partial charge in [0.15, 0.2) is 0 Å². The van der Waals surface area contributed by atoms with Crippen LogP contribution in [0.2, 0.25) is 0 Å². The summed E-state index contributed by atoms with van der Waals surface area (Å²) >= 11 is 0. The lowest BCUT2D eigenvalue weighted by molar-refractivity contribution is -0.384. The number of rotatable bonds is 2. The van der Waals surface area contributed by atoms with Crippen molar-refractivity contribution in [2.75, 3.05) is 23.7 Å². The van der Waals surface area contributed by atoms with E-state index >= 15 is 0 Å². The lowest BCUT2D eigenvalue weighted by Gasteiger charge is -2.38. The molecule has 1 aromatic rings. The van der Waals surface area contributed by atoms with Crippen LogP contribution in [0.5, 0.6) is 0 Å². The molecular weight excluding hydrogens is 230 g/mol. The lowest BCUT2D eigenvalue weighted by Crippen LogP contribution is -2.37. The Morgan fingerprint density at radius 3 is 2.44 bits per heavy atom. The standard InChI is InChI=1S/C13H19N3O2/c1-13(2)5-7-15(8-6-13)12-4-3-10(16(17)18)9-11(12)14/h3-4,9H,5-8,14H2,1-2H3. The quantitative estimate of drug-likeness (QED) is 0.497. The highest BCUT2D eigenvalue weighted by Gasteiger charge is 2.26. The average molecular weight is 249 g/mol. The maximum atomic E-state index is 10.7. The Kier molecular flexibility index (Phi) is 3.15. The zero-order chi connectivity index (χ0) is 13.3. The van der Waals surface area contributed by atoms with Crippen molar-refractivity contribution >= 4 is 17.1 Å². The van der Waals surface area contributed by atoms with Crippen LogP contribution in [0.1, 0.15) is 26.7 Å². The van der Waals surface area contributed by atoms with Crippen LogP contribution < -0.4 is 10.6 Å². The van der Waals surface area contributed by atoms with Crippen LogP contribution in [-0.4, -0.2) is 18.0 Å². The summed E-state index contributed by atoms with van der Waals surface area (Å²) in [6, 6.07) is 4.71. The second-order valence-corrected chi connectivity index (χ2v) is 5.65. The SMILES string of the molecule is CC1(C)CCN(c2ccc([N+](=O)[O-])cc2N)CC1. The van der Waals surface area contributed by atoms with Crippen LogP contribution >= 0.6 is 0 Å². The van der Waals surface area contributed by atoms with Crippen LogP contribution in [0.4, 0.5) is 17.1 Å². The maximum absolute atomic E-state index is 10.7. The molecule has 1 aliphatic rings. The summed E-state index contributed by atoms with van der Waals surface area (Å²) in [6.45, 7) is 6.44. The van der Waals surface area contributed by atoms with E-state index < -0.39 is 4.92 Å². The summed E-state index contributed by atoms with van der Waals surface area (Å²) in [5, 5.41) is 10.7. The van der Waals surface area contributed by atoms with Crippen LogP contribution in [0, 0.1) is 15.5 Å². The molecule has 2 N–H and O–H groups in total. The Morgan fingerprint density at radius 2 is 1.94 bits per heavy atom. The second kappa shape index (κ2) is 4.48. The molecule has 5 nitrogen and oxygen atoms in total. The fraction of sp³-hybridized carbons (Fsp3) is 0.538.